The van der Waals surface area contributed by atoms with Gasteiger partial charge in [-0.25, -0.2) is 8.42 Å². The molecule has 1 aliphatic heterocycles. The zero-order chi connectivity index (χ0) is 18.6. The number of sulfonamides is 1. The Kier molecular flexibility index (Phi) is 6.13. The van der Waals surface area contributed by atoms with Crippen LogP contribution in [0.2, 0.25) is 0 Å². The third-order valence-electron chi connectivity index (χ3n) is 4.32. The van der Waals surface area contributed by atoms with Crippen molar-refractivity contribution in [2.45, 2.75) is 36.4 Å². The van der Waals surface area contributed by atoms with Crippen molar-refractivity contribution in [2.24, 2.45) is 5.73 Å². The topological polar surface area (TPSA) is 106 Å². The first kappa shape index (κ1) is 19.1. The number of piperidine rings is 1. The summed E-state index contributed by atoms with van der Waals surface area (Å²) in [5, 5.41) is 2.80. The third-order valence-corrected chi connectivity index (χ3v) is 7.83. The molecule has 2 aromatic heterocycles. The van der Waals surface area contributed by atoms with Crippen LogP contribution in [0.1, 0.15) is 40.3 Å². The predicted molar refractivity (Wildman–Crippen MR) is 99.6 cm³/mol. The molecule has 0 aliphatic carbocycles. The molecular formula is C17H23N3O4S2. The highest BCUT2D eigenvalue weighted by Crippen LogP contribution is 2.27. The number of rotatable bonds is 7. The largest absolute Gasteiger partial charge is 0.467 e. The summed E-state index contributed by atoms with van der Waals surface area (Å²) in [7, 11) is -3.39. The first-order valence-corrected chi connectivity index (χ1v) is 10.9. The number of nitrogens with two attached hydrogens (primary N) is 1. The lowest BCUT2D eigenvalue weighted by Crippen LogP contribution is -2.35. The van der Waals surface area contributed by atoms with Gasteiger partial charge in [0, 0.05) is 24.5 Å². The molecule has 3 rings (SSSR count). The van der Waals surface area contributed by atoms with Crippen molar-refractivity contribution >= 4 is 27.3 Å². The van der Waals surface area contributed by atoms with E-state index < -0.39 is 10.0 Å². The molecule has 0 radical (unpaired) electrons. The van der Waals surface area contributed by atoms with E-state index in [9.17, 15) is 13.2 Å². The summed E-state index contributed by atoms with van der Waals surface area (Å²) in [6.07, 6.45) is 4.89. The third kappa shape index (κ3) is 4.35. The zero-order valence-corrected chi connectivity index (χ0v) is 16.1. The minimum Gasteiger partial charge on any atom is -0.467 e. The second-order valence-electron chi connectivity index (χ2n) is 6.20. The van der Waals surface area contributed by atoms with Gasteiger partial charge in [0.2, 0.25) is 0 Å². The number of nitrogens with one attached hydrogen (secondary N) is 1. The Labute approximate surface area is 157 Å². The molecule has 0 aromatic carbocycles. The van der Waals surface area contributed by atoms with Crippen molar-refractivity contribution in [3.63, 3.8) is 0 Å². The molecule has 7 nitrogen and oxygen atoms in total. The Hall–Kier alpha value is -1.68. The first-order valence-electron chi connectivity index (χ1n) is 8.65. The van der Waals surface area contributed by atoms with Crippen LogP contribution in [0, 0.1) is 0 Å². The van der Waals surface area contributed by atoms with Gasteiger partial charge < -0.3 is 15.5 Å². The van der Waals surface area contributed by atoms with E-state index in [-0.39, 0.29) is 12.5 Å². The van der Waals surface area contributed by atoms with E-state index in [2.05, 4.69) is 5.32 Å². The van der Waals surface area contributed by atoms with Crippen molar-refractivity contribution < 1.29 is 17.6 Å². The van der Waals surface area contributed by atoms with Crippen molar-refractivity contribution in [1.82, 2.24) is 9.62 Å². The molecule has 1 saturated heterocycles. The minimum absolute atomic E-state index is 0.230. The molecular weight excluding hydrogens is 374 g/mol. The van der Waals surface area contributed by atoms with E-state index in [4.69, 9.17) is 10.2 Å². The molecule has 3 heterocycles. The van der Waals surface area contributed by atoms with Gasteiger partial charge in [-0.1, -0.05) is 6.42 Å². The van der Waals surface area contributed by atoms with Crippen LogP contribution in [-0.4, -0.2) is 38.3 Å². The van der Waals surface area contributed by atoms with Gasteiger partial charge in [0.25, 0.3) is 15.9 Å². The molecule has 0 unspecified atom stereocenters. The number of nitrogens with zero attached hydrogens (tertiary/aromatic N) is 1. The molecule has 1 fully saturated rings. The standard InChI is InChI=1S/C17H23N3O4S2/c18-11-14-10-13(12-24-14)17(21)19-7-6-15-4-5-16(25-15)26(22,23)20-8-2-1-3-9-20/h4-5,10,12H,1-3,6-9,11,18H2,(H,19,21). The van der Waals surface area contributed by atoms with Gasteiger partial charge >= 0.3 is 0 Å². The highest BCUT2D eigenvalue weighted by molar-refractivity contribution is 7.91. The molecule has 0 spiro atoms. The number of amides is 1. The fourth-order valence-corrected chi connectivity index (χ4v) is 5.90. The average Bonchev–Trinajstić information content (AvgIpc) is 3.32. The van der Waals surface area contributed by atoms with E-state index in [1.165, 1.54) is 17.6 Å². The van der Waals surface area contributed by atoms with Crippen LogP contribution in [0.15, 0.2) is 33.1 Å². The fraction of sp³-hybridized carbons (Fsp3) is 0.471. The smallest absolute Gasteiger partial charge is 0.254 e. The predicted octanol–water partition coefficient (Wildman–Crippen LogP) is 1.95. The van der Waals surface area contributed by atoms with Gasteiger partial charge in [-0.2, -0.15) is 4.31 Å². The molecule has 0 atom stereocenters. The van der Waals surface area contributed by atoms with E-state index >= 15 is 0 Å². The number of thiophene rings is 1. The van der Waals surface area contributed by atoms with Crippen LogP contribution < -0.4 is 11.1 Å². The molecule has 9 heteroatoms. The minimum atomic E-state index is -3.39. The molecule has 0 bridgehead atoms. The average molecular weight is 398 g/mol. The van der Waals surface area contributed by atoms with Gasteiger partial charge in [-0.05, 0) is 37.5 Å². The lowest BCUT2D eigenvalue weighted by atomic mass is 10.2. The lowest BCUT2D eigenvalue weighted by molar-refractivity contribution is 0.0953. The second kappa shape index (κ2) is 8.34. The van der Waals surface area contributed by atoms with Crippen molar-refractivity contribution in [2.75, 3.05) is 19.6 Å². The summed E-state index contributed by atoms with van der Waals surface area (Å²) >= 11 is 1.27. The van der Waals surface area contributed by atoms with Crippen molar-refractivity contribution in [1.29, 1.82) is 0 Å². The maximum atomic E-state index is 12.6. The summed E-state index contributed by atoms with van der Waals surface area (Å²) in [6.45, 7) is 1.87. The quantitative estimate of drug-likeness (QED) is 0.743. The van der Waals surface area contributed by atoms with Gasteiger partial charge in [-0.15, -0.1) is 11.3 Å². The normalized spacial score (nSPS) is 15.9. The molecule has 0 saturated carbocycles. The molecule has 2 aromatic rings. The van der Waals surface area contributed by atoms with Crippen LogP contribution in [0.5, 0.6) is 0 Å². The van der Waals surface area contributed by atoms with Crippen molar-refractivity contribution in [3.05, 3.63) is 40.7 Å². The Morgan fingerprint density at radius 2 is 2.04 bits per heavy atom. The van der Waals surface area contributed by atoms with Gasteiger partial charge in [0.05, 0.1) is 12.1 Å². The summed E-state index contributed by atoms with van der Waals surface area (Å²) < 4.78 is 32.4. The highest BCUT2D eigenvalue weighted by atomic mass is 32.2. The molecule has 1 aliphatic rings. The Bertz CT molecular complexity index is 851. The zero-order valence-electron chi connectivity index (χ0n) is 14.4. The van der Waals surface area contributed by atoms with Crippen LogP contribution in [-0.2, 0) is 23.0 Å². The Balaban J connectivity index is 1.54. The maximum Gasteiger partial charge on any atom is 0.254 e. The van der Waals surface area contributed by atoms with Crippen LogP contribution in [0.4, 0.5) is 0 Å². The fourth-order valence-electron chi connectivity index (χ4n) is 2.87. The van der Waals surface area contributed by atoms with E-state index in [0.717, 1.165) is 24.1 Å². The van der Waals surface area contributed by atoms with Gasteiger partial charge in [-0.3, -0.25) is 4.79 Å². The number of carbonyl (C=O) groups is 1. The van der Waals surface area contributed by atoms with E-state index in [1.807, 2.05) is 6.07 Å². The molecule has 142 valence electrons. The number of carbonyl (C=O) groups excluding carboxylic acids is 1. The van der Waals surface area contributed by atoms with Crippen LogP contribution in [0.25, 0.3) is 0 Å². The summed E-state index contributed by atoms with van der Waals surface area (Å²) in [6, 6.07) is 5.09. The molecule has 3 N–H and O–H groups in total. The van der Waals surface area contributed by atoms with Crippen LogP contribution in [0.3, 0.4) is 0 Å². The van der Waals surface area contributed by atoms with Crippen molar-refractivity contribution in [3.8, 4) is 0 Å². The number of hydrogen-bond acceptors (Lipinski definition) is 6. The summed E-state index contributed by atoms with van der Waals surface area (Å²) in [5.74, 6) is 0.326. The van der Waals surface area contributed by atoms with E-state index in [0.29, 0.717) is 41.6 Å². The van der Waals surface area contributed by atoms with Gasteiger partial charge in [0.1, 0.15) is 16.2 Å². The maximum absolute atomic E-state index is 12.6. The second-order valence-corrected chi connectivity index (χ2v) is 9.53. The summed E-state index contributed by atoms with van der Waals surface area (Å²) in [5.41, 5.74) is 5.89. The highest BCUT2D eigenvalue weighted by Gasteiger charge is 2.27. The summed E-state index contributed by atoms with van der Waals surface area (Å²) in [4.78, 5) is 13.0. The molecule has 26 heavy (non-hydrogen) atoms. The van der Waals surface area contributed by atoms with E-state index in [1.54, 1.807) is 16.4 Å². The Morgan fingerprint density at radius 3 is 2.73 bits per heavy atom. The first-order chi connectivity index (χ1) is 12.5. The lowest BCUT2D eigenvalue weighted by Gasteiger charge is -2.25. The molecule has 1 amide bonds. The number of hydrogen-bond donors (Lipinski definition) is 2. The monoisotopic (exact) mass is 397 g/mol. The number of furan rings is 1. The van der Waals surface area contributed by atoms with Gasteiger partial charge in [0.15, 0.2) is 0 Å². The Morgan fingerprint density at radius 1 is 1.27 bits per heavy atom. The SMILES string of the molecule is NCc1cc(C(=O)NCCc2ccc(S(=O)(=O)N3CCCCC3)s2)co1. The van der Waals surface area contributed by atoms with Crippen LogP contribution >= 0.6 is 11.3 Å².